The van der Waals surface area contributed by atoms with E-state index in [1.807, 2.05) is 0 Å². The molecule has 0 saturated heterocycles. The Morgan fingerprint density at radius 3 is 1.92 bits per heavy atom. The third-order valence-electron chi connectivity index (χ3n) is 11.6. The van der Waals surface area contributed by atoms with Gasteiger partial charge in [-0.25, -0.2) is 0 Å². The summed E-state index contributed by atoms with van der Waals surface area (Å²) in [5.41, 5.74) is 15.2. The lowest BCUT2D eigenvalue weighted by Crippen LogP contribution is -2.39. The fourth-order valence-corrected chi connectivity index (χ4v) is 9.05. The molecule has 51 heavy (non-hydrogen) atoms. The number of nitrogens with one attached hydrogen (secondary N) is 1. The molecular formula is C49H34N2. The molecule has 1 aliphatic carbocycles. The summed E-state index contributed by atoms with van der Waals surface area (Å²) in [6, 6.07) is 56.1. The van der Waals surface area contributed by atoms with E-state index in [-0.39, 0.29) is 12.0 Å². The Kier molecular flexibility index (Phi) is 6.03. The molecular weight excluding hydrogens is 617 g/mol. The number of allylic oxidation sites excluding steroid dienone is 2. The third kappa shape index (κ3) is 4.23. The zero-order valence-corrected chi connectivity index (χ0v) is 28.3. The first-order valence-electron chi connectivity index (χ1n) is 17.9. The van der Waals surface area contributed by atoms with Crippen molar-refractivity contribution in [1.82, 2.24) is 0 Å². The molecule has 8 aromatic rings. The first-order chi connectivity index (χ1) is 25.2. The number of hydrogen-bond donors (Lipinski definition) is 1. The van der Waals surface area contributed by atoms with Gasteiger partial charge in [-0.15, -0.1) is 0 Å². The van der Waals surface area contributed by atoms with Crippen molar-refractivity contribution in [2.75, 3.05) is 17.3 Å². The molecule has 1 N–H and O–H groups in total. The van der Waals surface area contributed by atoms with Gasteiger partial charge >= 0.3 is 0 Å². The Hall–Kier alpha value is -6.38. The van der Waals surface area contributed by atoms with Crippen LogP contribution in [0.1, 0.15) is 17.0 Å². The molecule has 2 aliphatic heterocycles. The van der Waals surface area contributed by atoms with Crippen molar-refractivity contribution in [3.63, 3.8) is 0 Å². The summed E-state index contributed by atoms with van der Waals surface area (Å²) in [5, 5.41) is 11.7. The van der Waals surface area contributed by atoms with Crippen molar-refractivity contribution in [3.05, 3.63) is 181 Å². The molecule has 2 heterocycles. The van der Waals surface area contributed by atoms with E-state index in [9.17, 15) is 0 Å². The van der Waals surface area contributed by atoms with Crippen LogP contribution in [0.25, 0.3) is 71.3 Å². The van der Waals surface area contributed by atoms with Crippen molar-refractivity contribution in [2.24, 2.45) is 0 Å². The maximum Gasteiger partial charge on any atom is 0.0582 e. The maximum absolute atomic E-state index is 3.86. The molecule has 0 spiro atoms. The zero-order chi connectivity index (χ0) is 33.6. The zero-order valence-electron chi connectivity index (χ0n) is 28.3. The van der Waals surface area contributed by atoms with Crippen LogP contribution in [-0.4, -0.2) is 13.1 Å². The minimum atomic E-state index is 0.238. The highest BCUT2D eigenvalue weighted by molar-refractivity contribution is 6.17. The van der Waals surface area contributed by atoms with E-state index < -0.39 is 0 Å². The number of fused-ring (bicyclic) bond motifs is 6. The Balaban J connectivity index is 0.950. The van der Waals surface area contributed by atoms with Crippen LogP contribution in [0.4, 0.5) is 17.1 Å². The lowest BCUT2D eigenvalue weighted by Gasteiger charge is -2.42. The van der Waals surface area contributed by atoms with Gasteiger partial charge < -0.3 is 10.2 Å². The van der Waals surface area contributed by atoms with Crippen molar-refractivity contribution >= 4 is 55.0 Å². The fraction of sp³-hybridized carbons (Fsp3) is 0.0612. The first kappa shape index (κ1) is 28.5. The topological polar surface area (TPSA) is 15.3 Å². The number of rotatable bonds is 3. The number of benzene rings is 8. The average Bonchev–Trinajstić information content (AvgIpc) is 3.20. The fourth-order valence-electron chi connectivity index (χ4n) is 9.05. The van der Waals surface area contributed by atoms with Gasteiger partial charge in [0.25, 0.3) is 0 Å². The van der Waals surface area contributed by atoms with Crippen molar-refractivity contribution in [1.29, 1.82) is 0 Å². The van der Waals surface area contributed by atoms with Gasteiger partial charge in [0.15, 0.2) is 0 Å². The monoisotopic (exact) mass is 650 g/mol. The minimum Gasteiger partial charge on any atom is -0.367 e. The molecule has 8 aromatic carbocycles. The van der Waals surface area contributed by atoms with Gasteiger partial charge in [0.2, 0.25) is 0 Å². The number of anilines is 3. The molecule has 2 nitrogen and oxygen atoms in total. The largest absolute Gasteiger partial charge is 0.367 e. The molecule has 2 atom stereocenters. The molecule has 0 amide bonds. The molecule has 2 unspecified atom stereocenters. The SMILES string of the molecule is CN1c2ccc3c4c(ccc(c24)C2C=CC(c4ccc(-c5cccc6ccccc56)cc4)=CC21)-c1ccc(-c2cccc4ccccc24)cc1N3. The van der Waals surface area contributed by atoms with E-state index in [2.05, 4.69) is 187 Å². The molecule has 0 saturated carbocycles. The molecule has 0 fully saturated rings. The second kappa shape index (κ2) is 10.8. The molecule has 11 rings (SSSR count). The van der Waals surface area contributed by atoms with E-state index in [4.69, 9.17) is 0 Å². The van der Waals surface area contributed by atoms with Gasteiger partial charge in [0, 0.05) is 46.4 Å². The van der Waals surface area contributed by atoms with E-state index in [1.165, 1.54) is 93.8 Å². The van der Waals surface area contributed by atoms with Crippen LogP contribution in [0.5, 0.6) is 0 Å². The minimum absolute atomic E-state index is 0.238. The molecule has 2 heteroatoms. The summed E-state index contributed by atoms with van der Waals surface area (Å²) in [6.07, 6.45) is 7.25. The highest BCUT2D eigenvalue weighted by Crippen LogP contribution is 2.53. The van der Waals surface area contributed by atoms with E-state index in [0.29, 0.717) is 0 Å². The Morgan fingerprint density at radius 2 is 1.16 bits per heavy atom. The maximum atomic E-state index is 3.86. The van der Waals surface area contributed by atoms with Gasteiger partial charge in [-0.2, -0.15) is 0 Å². The lowest BCUT2D eigenvalue weighted by atomic mass is 9.76. The van der Waals surface area contributed by atoms with Crippen LogP contribution in [0.2, 0.25) is 0 Å². The number of nitrogens with zero attached hydrogens (tertiary/aromatic N) is 1. The normalized spacial score (nSPS) is 16.9. The van der Waals surface area contributed by atoms with Gasteiger partial charge in [-0.1, -0.05) is 152 Å². The molecule has 0 bridgehead atoms. The third-order valence-corrected chi connectivity index (χ3v) is 11.6. The van der Waals surface area contributed by atoms with Gasteiger partial charge in [-0.05, 0) is 84.3 Å². The van der Waals surface area contributed by atoms with Gasteiger partial charge in [-0.3, -0.25) is 0 Å². The standard InChI is InChI=1S/C49H34N2/c1-51-46-27-26-44-48-42(40-22-21-35(28-45(40)50-44)39-15-7-11-32-9-3-5-13-37(32)39)24-25-43(49(46)48)41-23-20-34(29-47(41)51)30-16-18-33(19-17-30)38-14-6-10-31-8-2-4-12-36(31)38/h2-29,41,47,50H,1H3. The lowest BCUT2D eigenvalue weighted by molar-refractivity contribution is 0.663. The van der Waals surface area contributed by atoms with Gasteiger partial charge in [0.1, 0.15) is 0 Å². The van der Waals surface area contributed by atoms with Crippen LogP contribution < -0.4 is 10.2 Å². The molecule has 240 valence electrons. The highest BCUT2D eigenvalue weighted by atomic mass is 15.1. The Morgan fingerprint density at radius 1 is 0.510 bits per heavy atom. The quantitative estimate of drug-likeness (QED) is 0.205. The smallest absolute Gasteiger partial charge is 0.0582 e. The average molecular weight is 651 g/mol. The first-order valence-corrected chi connectivity index (χ1v) is 17.9. The molecule has 0 radical (unpaired) electrons. The number of likely N-dealkylation sites (N-methyl/N-ethyl adjacent to an activating group) is 1. The van der Waals surface area contributed by atoms with Gasteiger partial charge in [0.05, 0.1) is 6.04 Å². The van der Waals surface area contributed by atoms with E-state index in [0.717, 1.165) is 5.69 Å². The summed E-state index contributed by atoms with van der Waals surface area (Å²) in [4.78, 5) is 2.49. The van der Waals surface area contributed by atoms with Crippen LogP contribution in [0.3, 0.4) is 0 Å². The molecule has 3 aliphatic rings. The van der Waals surface area contributed by atoms with Crippen LogP contribution in [0, 0.1) is 0 Å². The van der Waals surface area contributed by atoms with Crippen molar-refractivity contribution < 1.29 is 0 Å². The van der Waals surface area contributed by atoms with Crippen molar-refractivity contribution in [3.8, 4) is 33.4 Å². The Labute approximate surface area is 297 Å². The highest BCUT2D eigenvalue weighted by Gasteiger charge is 2.35. The van der Waals surface area contributed by atoms with Crippen molar-refractivity contribution in [2.45, 2.75) is 12.0 Å². The predicted molar refractivity (Wildman–Crippen MR) is 217 cm³/mol. The van der Waals surface area contributed by atoms with Crippen LogP contribution >= 0.6 is 0 Å². The number of hydrogen-bond acceptors (Lipinski definition) is 2. The molecule has 0 aromatic heterocycles. The van der Waals surface area contributed by atoms with E-state index in [1.54, 1.807) is 0 Å². The second-order valence-corrected chi connectivity index (χ2v) is 14.2. The van der Waals surface area contributed by atoms with Crippen LogP contribution in [0.15, 0.2) is 170 Å². The summed E-state index contributed by atoms with van der Waals surface area (Å²) in [7, 11) is 2.27. The summed E-state index contributed by atoms with van der Waals surface area (Å²) in [5.74, 6) is 0.278. The van der Waals surface area contributed by atoms with E-state index >= 15 is 0 Å². The summed E-state index contributed by atoms with van der Waals surface area (Å²) < 4.78 is 0. The summed E-state index contributed by atoms with van der Waals surface area (Å²) in [6.45, 7) is 0. The Bertz CT molecular complexity index is 2790. The van der Waals surface area contributed by atoms with Crippen LogP contribution in [-0.2, 0) is 0 Å². The summed E-state index contributed by atoms with van der Waals surface area (Å²) >= 11 is 0. The predicted octanol–water partition coefficient (Wildman–Crippen LogP) is 12.8. The second-order valence-electron chi connectivity index (χ2n) is 14.2.